The van der Waals surface area contributed by atoms with E-state index in [0.717, 1.165) is 33.3 Å². The molecule has 0 N–H and O–H groups in total. The maximum absolute atomic E-state index is 13.7. The lowest BCUT2D eigenvalue weighted by Gasteiger charge is -2.31. The van der Waals surface area contributed by atoms with Crippen molar-refractivity contribution in [3.8, 4) is 11.3 Å². The Labute approximate surface area is 204 Å². The van der Waals surface area contributed by atoms with Gasteiger partial charge in [0.1, 0.15) is 6.54 Å². The minimum Gasteiger partial charge on any atom is -0.378 e. The van der Waals surface area contributed by atoms with E-state index in [1.54, 1.807) is 9.80 Å². The van der Waals surface area contributed by atoms with E-state index in [4.69, 9.17) is 4.74 Å². The lowest BCUT2D eigenvalue weighted by atomic mass is 9.93. The molecule has 6 nitrogen and oxygen atoms in total. The third-order valence-corrected chi connectivity index (χ3v) is 7.19. The number of carbonyl (C=O) groups excluding carboxylic acids is 2. The van der Waals surface area contributed by atoms with Gasteiger partial charge in [-0.15, -0.1) is 0 Å². The molecule has 1 atom stereocenters. The van der Waals surface area contributed by atoms with Crippen LogP contribution in [0, 0.1) is 0 Å². The van der Waals surface area contributed by atoms with Crippen molar-refractivity contribution in [1.29, 1.82) is 0 Å². The summed E-state index contributed by atoms with van der Waals surface area (Å²) in [6.07, 6.45) is 0. The molecule has 0 aliphatic carbocycles. The zero-order valence-electron chi connectivity index (χ0n) is 19.7. The highest BCUT2D eigenvalue weighted by Crippen LogP contribution is 2.46. The molecule has 0 saturated carbocycles. The van der Waals surface area contributed by atoms with Gasteiger partial charge in [0, 0.05) is 42.2 Å². The van der Waals surface area contributed by atoms with Crippen LogP contribution < -0.4 is 0 Å². The van der Waals surface area contributed by atoms with Gasteiger partial charge in [0.15, 0.2) is 0 Å². The van der Waals surface area contributed by atoms with Gasteiger partial charge < -0.3 is 19.1 Å². The Kier molecular flexibility index (Phi) is 5.38. The number of benzene rings is 3. The number of ether oxygens (including phenoxy) is 1. The lowest BCUT2D eigenvalue weighted by molar-refractivity contribution is -0.136. The van der Waals surface area contributed by atoms with E-state index in [2.05, 4.69) is 35.9 Å². The molecule has 2 aliphatic heterocycles. The monoisotopic (exact) mass is 465 g/mol. The normalized spacial score (nSPS) is 17.7. The summed E-state index contributed by atoms with van der Waals surface area (Å²) >= 11 is 0. The van der Waals surface area contributed by atoms with Gasteiger partial charge in [-0.2, -0.15) is 0 Å². The Hall–Kier alpha value is -3.90. The molecule has 2 amide bonds. The van der Waals surface area contributed by atoms with Crippen LogP contribution in [0.25, 0.3) is 22.2 Å². The molecule has 3 aromatic carbocycles. The first-order valence-corrected chi connectivity index (χ1v) is 12.0. The highest BCUT2D eigenvalue weighted by Gasteiger charge is 2.42. The summed E-state index contributed by atoms with van der Waals surface area (Å²) in [6.45, 7) is 2.22. The van der Waals surface area contributed by atoms with Crippen LogP contribution in [0.3, 0.4) is 0 Å². The molecule has 1 fully saturated rings. The molecule has 1 unspecified atom stereocenters. The molecule has 2 aliphatic rings. The van der Waals surface area contributed by atoms with Crippen LogP contribution in [0.1, 0.15) is 27.5 Å². The lowest BCUT2D eigenvalue weighted by Crippen LogP contribution is -2.46. The van der Waals surface area contributed by atoms with Gasteiger partial charge in [0.05, 0.1) is 24.9 Å². The predicted molar refractivity (Wildman–Crippen MR) is 135 cm³/mol. The molecule has 1 saturated heterocycles. The molecule has 1 aromatic heterocycles. The first kappa shape index (κ1) is 21.6. The number of hydrogen-bond acceptors (Lipinski definition) is 3. The van der Waals surface area contributed by atoms with Crippen LogP contribution in [-0.4, -0.2) is 59.0 Å². The average Bonchev–Trinajstić information content (AvgIpc) is 3.35. The topological polar surface area (TPSA) is 54.8 Å². The molecular formula is C29H27N3O3. The van der Waals surface area contributed by atoms with E-state index in [1.807, 2.05) is 54.6 Å². The summed E-state index contributed by atoms with van der Waals surface area (Å²) in [7, 11) is 2.07. The van der Waals surface area contributed by atoms with Gasteiger partial charge >= 0.3 is 0 Å². The maximum Gasteiger partial charge on any atom is 0.255 e. The highest BCUT2D eigenvalue weighted by molar-refractivity contribution is 6.03. The Balaban J connectivity index is 1.54. The number of morpholine rings is 1. The summed E-state index contributed by atoms with van der Waals surface area (Å²) in [4.78, 5) is 30.6. The van der Waals surface area contributed by atoms with E-state index in [1.165, 1.54) is 0 Å². The summed E-state index contributed by atoms with van der Waals surface area (Å²) < 4.78 is 7.62. The fourth-order valence-corrected chi connectivity index (χ4v) is 5.55. The van der Waals surface area contributed by atoms with Crippen molar-refractivity contribution >= 4 is 22.7 Å². The Morgan fingerprint density at radius 1 is 0.914 bits per heavy atom. The third kappa shape index (κ3) is 3.53. The molecule has 6 rings (SSSR count). The van der Waals surface area contributed by atoms with Crippen molar-refractivity contribution in [2.24, 2.45) is 7.05 Å². The van der Waals surface area contributed by atoms with Crippen LogP contribution in [0.5, 0.6) is 0 Å². The van der Waals surface area contributed by atoms with Crippen molar-refractivity contribution in [3.05, 3.63) is 95.6 Å². The number of aryl methyl sites for hydroxylation is 1. The van der Waals surface area contributed by atoms with Crippen molar-refractivity contribution in [3.63, 3.8) is 0 Å². The minimum atomic E-state index is -0.356. The highest BCUT2D eigenvalue weighted by atomic mass is 16.5. The molecule has 0 radical (unpaired) electrons. The number of carbonyl (C=O) groups is 2. The molecule has 35 heavy (non-hydrogen) atoms. The molecule has 176 valence electrons. The number of fused-ring (bicyclic) bond motifs is 2. The Morgan fingerprint density at radius 2 is 1.60 bits per heavy atom. The van der Waals surface area contributed by atoms with Crippen molar-refractivity contribution in [1.82, 2.24) is 14.4 Å². The van der Waals surface area contributed by atoms with Crippen molar-refractivity contribution in [2.45, 2.75) is 6.04 Å². The Morgan fingerprint density at radius 3 is 2.40 bits per heavy atom. The predicted octanol–water partition coefficient (Wildman–Crippen LogP) is 4.25. The van der Waals surface area contributed by atoms with E-state index in [-0.39, 0.29) is 24.4 Å². The summed E-state index contributed by atoms with van der Waals surface area (Å²) in [6, 6.07) is 26.0. The van der Waals surface area contributed by atoms with Gasteiger partial charge in [-0.1, -0.05) is 66.7 Å². The first-order chi connectivity index (χ1) is 17.1. The van der Waals surface area contributed by atoms with Crippen molar-refractivity contribution < 1.29 is 14.3 Å². The van der Waals surface area contributed by atoms with Gasteiger partial charge in [-0.05, 0) is 23.3 Å². The number of amides is 2. The average molecular weight is 466 g/mol. The number of hydrogen-bond donors (Lipinski definition) is 0. The standard InChI is InChI=1S/C29H27N3O3/c1-30-24-14-8-7-13-23(24)26(27(30)20-9-3-2-4-10-20)28-21-11-5-6-12-22(21)29(34)32(28)19-25(33)31-15-17-35-18-16-31/h2-14,28H,15-19H2,1H3. The van der Waals surface area contributed by atoms with Crippen molar-refractivity contribution in [2.75, 3.05) is 32.8 Å². The fraction of sp³-hybridized carbons (Fsp3) is 0.241. The minimum absolute atomic E-state index is 0.0373. The molecule has 6 heteroatoms. The number of para-hydroxylation sites is 1. The van der Waals surface area contributed by atoms with Gasteiger partial charge in [0.25, 0.3) is 5.91 Å². The van der Waals surface area contributed by atoms with Gasteiger partial charge in [-0.25, -0.2) is 0 Å². The second kappa shape index (κ2) is 8.71. The Bertz CT molecular complexity index is 1420. The van der Waals surface area contributed by atoms with Crippen LogP contribution in [-0.2, 0) is 16.6 Å². The van der Waals surface area contributed by atoms with E-state index in [9.17, 15) is 9.59 Å². The van der Waals surface area contributed by atoms with Gasteiger partial charge in [0.2, 0.25) is 5.91 Å². The molecular weight excluding hydrogens is 438 g/mol. The molecule has 0 spiro atoms. The van der Waals surface area contributed by atoms with Crippen LogP contribution >= 0.6 is 0 Å². The zero-order valence-corrected chi connectivity index (χ0v) is 19.7. The van der Waals surface area contributed by atoms with E-state index in [0.29, 0.717) is 31.9 Å². The second-order valence-corrected chi connectivity index (χ2v) is 9.12. The summed E-state index contributed by atoms with van der Waals surface area (Å²) in [5.41, 5.74) is 5.91. The van der Waals surface area contributed by atoms with E-state index < -0.39 is 0 Å². The molecule has 0 bridgehead atoms. The smallest absolute Gasteiger partial charge is 0.255 e. The first-order valence-electron chi connectivity index (χ1n) is 12.0. The second-order valence-electron chi connectivity index (χ2n) is 9.12. The maximum atomic E-state index is 13.7. The van der Waals surface area contributed by atoms with Crippen LogP contribution in [0.2, 0.25) is 0 Å². The molecule has 4 aromatic rings. The van der Waals surface area contributed by atoms with Crippen LogP contribution in [0.4, 0.5) is 0 Å². The number of rotatable bonds is 4. The van der Waals surface area contributed by atoms with Crippen LogP contribution in [0.15, 0.2) is 78.9 Å². The van der Waals surface area contributed by atoms with Gasteiger partial charge in [-0.3, -0.25) is 9.59 Å². The fourth-order valence-electron chi connectivity index (χ4n) is 5.55. The van der Waals surface area contributed by atoms with E-state index >= 15 is 0 Å². The summed E-state index contributed by atoms with van der Waals surface area (Å²) in [5, 5.41) is 1.09. The SMILES string of the molecule is Cn1c(-c2ccccc2)c(C2c3ccccc3C(=O)N2CC(=O)N2CCOCC2)c2ccccc21. The third-order valence-electron chi connectivity index (χ3n) is 7.19. The zero-order chi connectivity index (χ0) is 23.9. The summed E-state index contributed by atoms with van der Waals surface area (Å²) in [5.74, 6) is -0.139. The largest absolute Gasteiger partial charge is 0.378 e. The quantitative estimate of drug-likeness (QED) is 0.453. The number of nitrogens with zero attached hydrogens (tertiary/aromatic N) is 3. The molecule has 3 heterocycles. The number of aromatic nitrogens is 1.